The highest BCUT2D eigenvalue weighted by atomic mass is 32.2. The standard InChI is InChI=1S/C26H22N2O3S2/c1-18-9-12-23(13-10-18)28-25(29)17-32-26(28)21-7-4-8-22(15-21)27-33(30,31)24-14-11-19-5-2-3-6-20(19)16-24/h2-16,26-27H,17H2,1H3/t26-/m0/s1. The van der Waals surface area contributed by atoms with Gasteiger partial charge in [-0.25, -0.2) is 8.42 Å². The van der Waals surface area contributed by atoms with E-state index in [1.165, 1.54) is 11.8 Å². The van der Waals surface area contributed by atoms with Crippen LogP contribution in [0.5, 0.6) is 0 Å². The van der Waals surface area contributed by atoms with E-state index in [0.29, 0.717) is 11.4 Å². The van der Waals surface area contributed by atoms with Crippen LogP contribution < -0.4 is 9.62 Å². The number of thioether (sulfide) groups is 1. The third-order valence-electron chi connectivity index (χ3n) is 5.64. The lowest BCUT2D eigenvalue weighted by molar-refractivity contribution is -0.115. The number of anilines is 2. The number of aryl methyl sites for hydroxylation is 1. The molecule has 1 atom stereocenters. The van der Waals surface area contributed by atoms with E-state index in [1.54, 1.807) is 35.2 Å². The Kier molecular flexibility index (Phi) is 5.60. The molecule has 33 heavy (non-hydrogen) atoms. The molecule has 166 valence electrons. The Morgan fingerprint density at radius 2 is 1.64 bits per heavy atom. The quantitative estimate of drug-likeness (QED) is 0.401. The molecule has 1 aliphatic rings. The monoisotopic (exact) mass is 474 g/mol. The Bertz CT molecular complexity index is 1450. The molecule has 0 unspecified atom stereocenters. The van der Waals surface area contributed by atoms with Crippen LogP contribution >= 0.6 is 11.8 Å². The molecule has 1 saturated heterocycles. The van der Waals surface area contributed by atoms with Crippen LogP contribution in [0.4, 0.5) is 11.4 Å². The number of fused-ring (bicyclic) bond motifs is 1. The fourth-order valence-electron chi connectivity index (χ4n) is 3.96. The van der Waals surface area contributed by atoms with E-state index in [1.807, 2.05) is 67.6 Å². The molecule has 7 heteroatoms. The summed E-state index contributed by atoms with van der Waals surface area (Å²) >= 11 is 1.53. The molecule has 1 fully saturated rings. The molecule has 5 rings (SSSR count). The second-order valence-corrected chi connectivity index (χ2v) is 10.8. The lowest BCUT2D eigenvalue weighted by atomic mass is 10.1. The second-order valence-electron chi connectivity index (χ2n) is 8.00. The van der Waals surface area contributed by atoms with Crippen LogP contribution in [-0.2, 0) is 14.8 Å². The first-order valence-corrected chi connectivity index (χ1v) is 13.1. The van der Waals surface area contributed by atoms with Crippen molar-refractivity contribution < 1.29 is 13.2 Å². The van der Waals surface area contributed by atoms with Crippen molar-refractivity contribution in [3.63, 3.8) is 0 Å². The molecule has 1 amide bonds. The van der Waals surface area contributed by atoms with Gasteiger partial charge in [-0.1, -0.05) is 60.2 Å². The smallest absolute Gasteiger partial charge is 0.261 e. The third kappa shape index (κ3) is 4.34. The van der Waals surface area contributed by atoms with Gasteiger partial charge in [0, 0.05) is 11.4 Å². The Morgan fingerprint density at radius 3 is 2.42 bits per heavy atom. The van der Waals surface area contributed by atoms with Crippen LogP contribution in [0.2, 0.25) is 0 Å². The summed E-state index contributed by atoms with van der Waals surface area (Å²) in [4.78, 5) is 14.6. The highest BCUT2D eigenvalue weighted by Crippen LogP contribution is 2.42. The number of nitrogens with zero attached hydrogens (tertiary/aromatic N) is 1. The Labute approximate surface area is 197 Å². The van der Waals surface area contributed by atoms with Gasteiger partial charge >= 0.3 is 0 Å². The van der Waals surface area contributed by atoms with Crippen LogP contribution in [0.15, 0.2) is 95.9 Å². The molecule has 1 heterocycles. The predicted molar refractivity (Wildman–Crippen MR) is 135 cm³/mol. The molecule has 0 aliphatic carbocycles. The predicted octanol–water partition coefficient (Wildman–Crippen LogP) is 5.73. The van der Waals surface area contributed by atoms with Crippen molar-refractivity contribution in [1.29, 1.82) is 0 Å². The first kappa shape index (κ1) is 21.6. The largest absolute Gasteiger partial charge is 0.295 e. The van der Waals surface area contributed by atoms with Crippen molar-refractivity contribution in [3.05, 3.63) is 102 Å². The maximum atomic E-state index is 13.1. The van der Waals surface area contributed by atoms with Gasteiger partial charge in [-0.3, -0.25) is 14.4 Å². The van der Waals surface area contributed by atoms with Gasteiger partial charge in [0.15, 0.2) is 0 Å². The van der Waals surface area contributed by atoms with E-state index in [-0.39, 0.29) is 16.2 Å². The maximum Gasteiger partial charge on any atom is 0.261 e. The van der Waals surface area contributed by atoms with Gasteiger partial charge in [-0.05, 0) is 59.7 Å². The van der Waals surface area contributed by atoms with Crippen LogP contribution in [-0.4, -0.2) is 20.1 Å². The van der Waals surface area contributed by atoms with Gasteiger partial charge in [-0.15, -0.1) is 11.8 Å². The van der Waals surface area contributed by atoms with Crippen LogP contribution in [0.1, 0.15) is 16.5 Å². The molecular formula is C26H22N2O3S2. The first-order chi connectivity index (χ1) is 15.9. The number of benzene rings is 4. The van der Waals surface area contributed by atoms with Crippen LogP contribution in [0, 0.1) is 6.92 Å². The minimum Gasteiger partial charge on any atom is -0.295 e. The van der Waals surface area contributed by atoms with Gasteiger partial charge in [0.25, 0.3) is 10.0 Å². The summed E-state index contributed by atoms with van der Waals surface area (Å²) in [7, 11) is -3.76. The zero-order valence-corrected chi connectivity index (χ0v) is 19.6. The van der Waals surface area contributed by atoms with Crippen LogP contribution in [0.25, 0.3) is 10.8 Å². The topological polar surface area (TPSA) is 66.5 Å². The number of amides is 1. The Hall–Kier alpha value is -3.29. The summed E-state index contributed by atoms with van der Waals surface area (Å²) in [6.07, 6.45) is 0. The van der Waals surface area contributed by atoms with Gasteiger partial charge in [0.05, 0.1) is 10.6 Å². The van der Waals surface area contributed by atoms with Crippen molar-refractivity contribution in [2.45, 2.75) is 17.2 Å². The molecule has 0 aromatic heterocycles. The van der Waals surface area contributed by atoms with Crippen LogP contribution in [0.3, 0.4) is 0 Å². The van der Waals surface area contributed by atoms with E-state index < -0.39 is 10.0 Å². The summed E-state index contributed by atoms with van der Waals surface area (Å²) < 4.78 is 28.8. The number of carbonyl (C=O) groups is 1. The number of sulfonamides is 1. The lowest BCUT2D eigenvalue weighted by Gasteiger charge is -2.25. The van der Waals surface area contributed by atoms with Gasteiger partial charge in [0.1, 0.15) is 5.37 Å². The normalized spacial score (nSPS) is 16.3. The molecule has 0 bridgehead atoms. The Morgan fingerprint density at radius 1 is 0.879 bits per heavy atom. The average molecular weight is 475 g/mol. The van der Waals surface area contributed by atoms with E-state index in [9.17, 15) is 13.2 Å². The molecule has 1 aliphatic heterocycles. The molecular weight excluding hydrogens is 452 g/mol. The minimum absolute atomic E-state index is 0.0380. The van der Waals surface area contributed by atoms with Crippen molar-refractivity contribution in [3.8, 4) is 0 Å². The van der Waals surface area contributed by atoms with Gasteiger partial charge in [0.2, 0.25) is 5.91 Å². The number of rotatable bonds is 5. The molecule has 1 N–H and O–H groups in total. The van der Waals surface area contributed by atoms with Gasteiger partial charge in [-0.2, -0.15) is 0 Å². The third-order valence-corrected chi connectivity index (χ3v) is 8.23. The van der Waals surface area contributed by atoms with Gasteiger partial charge < -0.3 is 0 Å². The minimum atomic E-state index is -3.76. The summed E-state index contributed by atoms with van der Waals surface area (Å²) in [5.74, 6) is 0.419. The first-order valence-electron chi connectivity index (χ1n) is 10.5. The number of nitrogens with one attached hydrogen (secondary N) is 1. The fourth-order valence-corrected chi connectivity index (χ4v) is 6.21. The molecule has 0 radical (unpaired) electrons. The number of hydrogen-bond donors (Lipinski definition) is 1. The summed E-state index contributed by atoms with van der Waals surface area (Å²) in [5.41, 5.74) is 3.29. The Balaban J connectivity index is 1.43. The summed E-state index contributed by atoms with van der Waals surface area (Å²) in [6, 6.07) is 27.8. The molecule has 4 aromatic rings. The van der Waals surface area contributed by atoms with E-state index in [4.69, 9.17) is 0 Å². The SMILES string of the molecule is Cc1ccc(N2C(=O)CS[C@H]2c2cccc(NS(=O)(=O)c3ccc4ccccc4c3)c2)cc1. The molecule has 4 aromatic carbocycles. The van der Waals surface area contributed by atoms with E-state index >= 15 is 0 Å². The summed E-state index contributed by atoms with van der Waals surface area (Å²) in [5, 5.41) is 1.63. The van der Waals surface area contributed by atoms with Crippen molar-refractivity contribution >= 4 is 49.8 Å². The fraction of sp³-hybridized carbons (Fsp3) is 0.115. The zero-order chi connectivity index (χ0) is 23.0. The van der Waals surface area contributed by atoms with Crippen molar-refractivity contribution in [1.82, 2.24) is 0 Å². The van der Waals surface area contributed by atoms with E-state index in [0.717, 1.165) is 27.6 Å². The van der Waals surface area contributed by atoms with Crippen molar-refractivity contribution in [2.75, 3.05) is 15.4 Å². The summed E-state index contributed by atoms with van der Waals surface area (Å²) in [6.45, 7) is 2.01. The maximum absolute atomic E-state index is 13.1. The number of hydrogen-bond acceptors (Lipinski definition) is 4. The number of carbonyl (C=O) groups excluding carboxylic acids is 1. The zero-order valence-electron chi connectivity index (χ0n) is 17.9. The lowest BCUT2D eigenvalue weighted by Crippen LogP contribution is -2.27. The van der Waals surface area contributed by atoms with Crippen molar-refractivity contribution in [2.24, 2.45) is 0 Å². The highest BCUT2D eigenvalue weighted by Gasteiger charge is 2.34. The molecule has 0 saturated carbocycles. The molecule has 5 nitrogen and oxygen atoms in total. The highest BCUT2D eigenvalue weighted by molar-refractivity contribution is 8.00. The van der Waals surface area contributed by atoms with E-state index in [2.05, 4.69) is 4.72 Å². The average Bonchev–Trinajstić information content (AvgIpc) is 3.20. The second kappa shape index (κ2) is 8.57. The molecule has 0 spiro atoms.